The maximum absolute atomic E-state index is 16.3. The second kappa shape index (κ2) is 15.5. The van der Waals surface area contributed by atoms with Crippen molar-refractivity contribution in [3.05, 3.63) is 97.6 Å². The number of anilines is 1. The lowest BCUT2D eigenvalue weighted by Crippen LogP contribution is -2.62. The van der Waals surface area contributed by atoms with Crippen LogP contribution in [-0.4, -0.2) is 74.9 Å². The molecule has 3 spiro atoms. The largest absolute Gasteiger partial charge is 0.352 e. The van der Waals surface area contributed by atoms with Crippen LogP contribution in [-0.2, 0) is 31.6 Å². The Balaban J connectivity index is 0.733. The number of carbonyl (C=O) groups excluding carboxylic acids is 4. The van der Waals surface area contributed by atoms with Gasteiger partial charge in [0.05, 0.1) is 22.1 Å². The summed E-state index contributed by atoms with van der Waals surface area (Å²) in [5.74, 6) is -1.67. The van der Waals surface area contributed by atoms with Crippen molar-refractivity contribution in [2.24, 2.45) is 18.4 Å². The second-order valence-corrected chi connectivity index (χ2v) is 21.1. The summed E-state index contributed by atoms with van der Waals surface area (Å²) in [4.78, 5) is 69.7. The summed E-state index contributed by atoms with van der Waals surface area (Å²) in [5, 5.41) is 13.1. The van der Waals surface area contributed by atoms with Gasteiger partial charge in [-0.15, -0.1) is 0 Å². The Morgan fingerprint density at radius 2 is 1.66 bits per heavy atom. The molecule has 336 valence electrons. The molecule has 64 heavy (non-hydrogen) atoms. The molecule has 0 radical (unpaired) electrons. The number of benzene rings is 3. The van der Waals surface area contributed by atoms with Gasteiger partial charge in [-0.05, 0) is 122 Å². The number of nitrogens with one attached hydrogen (secondary N) is 4. The molecule has 4 atom stereocenters. The Labute approximate surface area is 381 Å². The topological polar surface area (TPSA) is 147 Å². The highest BCUT2D eigenvalue weighted by atomic mass is 35.5. The van der Waals surface area contributed by atoms with E-state index in [1.807, 2.05) is 12.1 Å². The third-order valence-electron chi connectivity index (χ3n) is 16.6. The predicted molar refractivity (Wildman–Crippen MR) is 242 cm³/mol. The van der Waals surface area contributed by atoms with E-state index in [0.29, 0.717) is 52.7 Å². The normalized spacial score (nSPS) is 29.8. The number of hydrogen-bond acceptors (Lipinski definition) is 7. The first-order valence-electron chi connectivity index (χ1n) is 23.2. The molecule has 3 saturated carbocycles. The lowest BCUT2D eigenvalue weighted by Gasteiger charge is -2.60. The fourth-order valence-electron chi connectivity index (χ4n) is 13.7. The SMILES string of the molecule is Cn1c(=O)n(C2CCC(=O)NC2=O)c2ccc(C3CC4(C3)CN(CC3CCC(NC(=O)[C@@H]5NC6(CCCCC6)[C@@]6(C(=O)Nc7cc(Cl)ccc76)[C@H]5c5cccc(Cl)c5F)CC3)C4)cc21. The van der Waals surface area contributed by atoms with Gasteiger partial charge in [0, 0.05) is 61.3 Å². The van der Waals surface area contributed by atoms with Crippen LogP contribution < -0.4 is 27.0 Å². The van der Waals surface area contributed by atoms with Crippen molar-refractivity contribution in [3.8, 4) is 0 Å². The average molecular weight is 911 g/mol. The fraction of sp³-hybridized carbons (Fsp3) is 0.531. The van der Waals surface area contributed by atoms with Gasteiger partial charge in [0.1, 0.15) is 17.3 Å². The number of carbonyl (C=O) groups is 4. The van der Waals surface area contributed by atoms with Crippen LogP contribution in [0.15, 0.2) is 59.4 Å². The summed E-state index contributed by atoms with van der Waals surface area (Å²) in [6.07, 6.45) is 10.6. The highest BCUT2D eigenvalue weighted by Crippen LogP contribution is 2.63. The molecule has 0 bridgehead atoms. The van der Waals surface area contributed by atoms with Gasteiger partial charge < -0.3 is 15.5 Å². The number of rotatable bonds is 7. The second-order valence-electron chi connectivity index (χ2n) is 20.3. The van der Waals surface area contributed by atoms with Crippen molar-refractivity contribution in [2.45, 2.75) is 124 Å². The first kappa shape index (κ1) is 42.1. The van der Waals surface area contributed by atoms with Gasteiger partial charge in [-0.2, -0.15) is 0 Å². The number of hydrogen-bond donors (Lipinski definition) is 4. The zero-order valence-corrected chi connectivity index (χ0v) is 37.5. The number of imide groups is 1. The maximum Gasteiger partial charge on any atom is 0.329 e. The smallest absolute Gasteiger partial charge is 0.329 e. The lowest BCUT2D eigenvalue weighted by atomic mass is 9.55. The van der Waals surface area contributed by atoms with Crippen molar-refractivity contribution in [3.63, 3.8) is 0 Å². The Bertz CT molecular complexity index is 2670. The minimum atomic E-state index is -1.26. The molecule has 6 fully saturated rings. The molecule has 15 heteroatoms. The van der Waals surface area contributed by atoms with Crippen LogP contribution in [0.3, 0.4) is 0 Å². The van der Waals surface area contributed by atoms with Crippen LogP contribution >= 0.6 is 23.2 Å². The van der Waals surface area contributed by atoms with Crippen molar-refractivity contribution in [1.82, 2.24) is 30.0 Å². The summed E-state index contributed by atoms with van der Waals surface area (Å²) < 4.78 is 19.5. The van der Waals surface area contributed by atoms with Crippen molar-refractivity contribution in [1.29, 1.82) is 0 Å². The Morgan fingerprint density at radius 3 is 2.41 bits per heavy atom. The first-order valence-corrected chi connectivity index (χ1v) is 24.0. The van der Waals surface area contributed by atoms with Gasteiger partial charge in [-0.3, -0.25) is 38.9 Å². The number of likely N-dealkylation sites (tertiary alicyclic amines) is 1. The molecule has 11 rings (SSSR count). The molecule has 3 saturated heterocycles. The molecule has 3 aromatic carbocycles. The van der Waals surface area contributed by atoms with Gasteiger partial charge in [0.2, 0.25) is 23.6 Å². The molecular formula is C49H54Cl2FN7O5. The van der Waals surface area contributed by atoms with E-state index in [-0.39, 0.29) is 46.5 Å². The first-order chi connectivity index (χ1) is 30.8. The molecule has 4 N–H and O–H groups in total. The Hall–Kier alpha value is -4.56. The maximum atomic E-state index is 16.3. The van der Waals surface area contributed by atoms with Crippen LogP contribution in [0.4, 0.5) is 10.1 Å². The van der Waals surface area contributed by atoms with Crippen molar-refractivity contribution >= 4 is 63.6 Å². The quantitative estimate of drug-likeness (QED) is 0.147. The third kappa shape index (κ3) is 6.45. The van der Waals surface area contributed by atoms with Crippen molar-refractivity contribution in [2.75, 3.05) is 25.0 Å². The van der Waals surface area contributed by atoms with E-state index in [1.165, 1.54) is 16.2 Å². The lowest BCUT2D eigenvalue weighted by molar-refractivity contribution is -0.136. The molecule has 4 aromatic rings. The minimum absolute atomic E-state index is 0.0226. The van der Waals surface area contributed by atoms with Crippen LogP contribution in [0, 0.1) is 17.2 Å². The molecule has 4 aliphatic heterocycles. The number of aromatic nitrogens is 2. The summed E-state index contributed by atoms with van der Waals surface area (Å²) >= 11 is 12.9. The molecule has 4 amide bonds. The Kier molecular flexibility index (Phi) is 10.2. The number of amides is 4. The zero-order valence-electron chi connectivity index (χ0n) is 36.0. The van der Waals surface area contributed by atoms with E-state index in [4.69, 9.17) is 23.2 Å². The average Bonchev–Trinajstić information content (AvgIpc) is 3.80. The Morgan fingerprint density at radius 1 is 0.891 bits per heavy atom. The summed E-state index contributed by atoms with van der Waals surface area (Å²) in [6, 6.07) is 14.9. The number of imidazole rings is 1. The van der Waals surface area contributed by atoms with Gasteiger partial charge in [-0.1, -0.05) is 66.7 Å². The molecule has 1 aromatic heterocycles. The summed E-state index contributed by atoms with van der Waals surface area (Å²) in [5.41, 5.74) is 2.39. The van der Waals surface area contributed by atoms with Crippen LogP contribution in [0.25, 0.3) is 11.0 Å². The molecule has 7 aliphatic rings. The molecule has 12 nitrogen and oxygen atoms in total. The number of halogens is 3. The number of nitrogens with zero attached hydrogens (tertiary/aromatic N) is 3. The van der Waals surface area contributed by atoms with Crippen LogP contribution in [0.5, 0.6) is 0 Å². The highest BCUT2D eigenvalue weighted by Gasteiger charge is 2.72. The van der Waals surface area contributed by atoms with E-state index in [1.54, 1.807) is 35.9 Å². The monoisotopic (exact) mass is 909 g/mol. The number of aryl methyl sites for hydroxylation is 1. The number of fused-ring (bicyclic) bond motifs is 4. The zero-order chi connectivity index (χ0) is 44.3. The minimum Gasteiger partial charge on any atom is -0.352 e. The molecule has 5 heterocycles. The van der Waals surface area contributed by atoms with E-state index in [0.717, 1.165) is 88.5 Å². The molecule has 1 unspecified atom stereocenters. The van der Waals surface area contributed by atoms with Crippen LogP contribution in [0.1, 0.15) is 118 Å². The van der Waals surface area contributed by atoms with Gasteiger partial charge in [-0.25, -0.2) is 9.18 Å². The highest BCUT2D eigenvalue weighted by molar-refractivity contribution is 6.31. The molecular weight excluding hydrogens is 856 g/mol. The predicted octanol–water partition coefficient (Wildman–Crippen LogP) is 6.97. The van der Waals surface area contributed by atoms with E-state index in [9.17, 15) is 24.0 Å². The summed E-state index contributed by atoms with van der Waals surface area (Å²) in [7, 11) is 1.74. The van der Waals surface area contributed by atoms with Gasteiger partial charge in [0.25, 0.3) is 0 Å². The van der Waals surface area contributed by atoms with Crippen LogP contribution in [0.2, 0.25) is 10.0 Å². The van der Waals surface area contributed by atoms with E-state index >= 15 is 4.39 Å². The fourth-order valence-corrected chi connectivity index (χ4v) is 14.1. The molecule has 3 aliphatic carbocycles. The van der Waals surface area contributed by atoms with Gasteiger partial charge in [0.15, 0.2) is 0 Å². The third-order valence-corrected chi connectivity index (χ3v) is 17.1. The standard InChI is InChI=1S/C49H54Cl2FN7O5/c1-57-38-20-28(10-15-36(38)59(46(57)64)37-16-17-39(60)55-43(37)61)29-22-47(23-29)25-58(26-47)24-27-8-12-31(13-9-27)53-44(62)42-40(32-6-5-7-34(51)41(32)52)49(48(56-42)18-3-2-4-19-48)33-14-11-30(50)21-35(33)54-45(49)63/h5-7,10-11,14-15,20-21,27,29,31,37,40,42,56H,2-4,8-9,12-13,16-19,22-26H2,1H3,(H,53,62)(H,54,63)(H,55,60,61)/t27?,31?,37?,40-,42+,49+/m0/s1. The van der Waals surface area contributed by atoms with E-state index < -0.39 is 40.7 Å². The van der Waals surface area contributed by atoms with Gasteiger partial charge >= 0.3 is 5.69 Å². The summed E-state index contributed by atoms with van der Waals surface area (Å²) in [6.45, 7) is 3.20. The number of piperidine rings is 1. The van der Waals surface area contributed by atoms with E-state index in [2.05, 4.69) is 38.3 Å². The van der Waals surface area contributed by atoms with Crippen molar-refractivity contribution < 1.29 is 23.6 Å².